The van der Waals surface area contributed by atoms with E-state index in [0.29, 0.717) is 0 Å². The van der Waals surface area contributed by atoms with Crippen molar-refractivity contribution < 1.29 is 0 Å². The van der Waals surface area contributed by atoms with Gasteiger partial charge in [-0.2, -0.15) is 0 Å². The Morgan fingerprint density at radius 2 is 1.69 bits per heavy atom. The predicted octanol–water partition coefficient (Wildman–Crippen LogP) is 3.80. The van der Waals surface area contributed by atoms with E-state index in [4.69, 9.17) is 0 Å². The maximum absolute atomic E-state index is 2.42. The minimum absolute atomic E-state index is 0.853. The lowest BCUT2D eigenvalue weighted by molar-refractivity contribution is 0.202. The average Bonchev–Trinajstić information content (AvgIpc) is 2.17. The molecule has 1 fully saturated rings. The molecule has 0 bridgehead atoms. The third-order valence-corrected chi connectivity index (χ3v) is 3.77. The van der Waals surface area contributed by atoms with Gasteiger partial charge in [-0.3, -0.25) is 0 Å². The highest BCUT2D eigenvalue weighted by Crippen LogP contribution is 2.39. The molecule has 3 unspecified atom stereocenters. The number of allylic oxidation sites excluding steroid dienone is 4. The summed E-state index contributed by atoms with van der Waals surface area (Å²) in [5, 5.41) is 0. The first kappa shape index (κ1) is 9.05. The minimum Gasteiger partial charge on any atom is -0.0808 e. The molecule has 2 rings (SSSR count). The Labute approximate surface area is 81.7 Å². The summed E-state index contributed by atoms with van der Waals surface area (Å²) >= 11 is 0. The van der Waals surface area contributed by atoms with Crippen molar-refractivity contribution in [2.24, 2.45) is 23.7 Å². The van der Waals surface area contributed by atoms with E-state index < -0.39 is 0 Å². The first-order valence-corrected chi connectivity index (χ1v) is 5.62. The fraction of sp³-hybridized carbons (Fsp3) is 0.692. The number of hydrogen-bond donors (Lipinski definition) is 0. The van der Waals surface area contributed by atoms with E-state index >= 15 is 0 Å². The summed E-state index contributed by atoms with van der Waals surface area (Å²) in [6.07, 6.45) is 13.5. The van der Waals surface area contributed by atoms with Gasteiger partial charge in [-0.1, -0.05) is 38.2 Å². The van der Waals surface area contributed by atoms with Gasteiger partial charge in [0, 0.05) is 0 Å². The molecule has 0 heterocycles. The Morgan fingerprint density at radius 3 is 2.38 bits per heavy atom. The lowest BCUT2D eigenvalue weighted by Crippen LogP contribution is -2.26. The molecular formula is C13H20. The zero-order chi connectivity index (χ0) is 9.26. The second kappa shape index (κ2) is 3.69. The van der Waals surface area contributed by atoms with Crippen LogP contribution in [0.3, 0.4) is 0 Å². The molecule has 72 valence electrons. The van der Waals surface area contributed by atoms with E-state index in [1.807, 2.05) is 0 Å². The molecule has 0 heteroatoms. The van der Waals surface area contributed by atoms with Gasteiger partial charge >= 0.3 is 0 Å². The molecule has 0 aromatic carbocycles. The van der Waals surface area contributed by atoms with E-state index in [1.54, 1.807) is 0 Å². The number of rotatable bonds is 1. The van der Waals surface area contributed by atoms with Crippen LogP contribution in [0.4, 0.5) is 0 Å². The molecule has 3 atom stereocenters. The van der Waals surface area contributed by atoms with Crippen molar-refractivity contribution in [2.75, 3.05) is 0 Å². The third-order valence-electron chi connectivity index (χ3n) is 3.77. The Hall–Kier alpha value is -0.520. The molecule has 0 nitrogen and oxygen atoms in total. The van der Waals surface area contributed by atoms with Crippen molar-refractivity contribution in [3.63, 3.8) is 0 Å². The highest BCUT2D eigenvalue weighted by atomic mass is 14.3. The van der Waals surface area contributed by atoms with Gasteiger partial charge in [-0.15, -0.1) is 0 Å². The molecular weight excluding hydrogens is 156 g/mol. The van der Waals surface area contributed by atoms with Crippen LogP contribution in [0.15, 0.2) is 24.3 Å². The molecule has 0 radical (unpaired) electrons. The quantitative estimate of drug-likeness (QED) is 0.570. The predicted molar refractivity (Wildman–Crippen MR) is 57.4 cm³/mol. The Bertz CT molecular complexity index is 222. The molecule has 0 aromatic rings. The molecule has 2 aliphatic carbocycles. The normalized spacial score (nSPS) is 37.9. The van der Waals surface area contributed by atoms with Crippen LogP contribution in [0.25, 0.3) is 0 Å². The zero-order valence-electron chi connectivity index (χ0n) is 8.74. The van der Waals surface area contributed by atoms with Crippen LogP contribution in [0.1, 0.15) is 33.1 Å². The third kappa shape index (κ3) is 1.87. The van der Waals surface area contributed by atoms with E-state index in [0.717, 1.165) is 23.7 Å². The summed E-state index contributed by atoms with van der Waals surface area (Å²) in [4.78, 5) is 0. The van der Waals surface area contributed by atoms with Crippen LogP contribution in [0.2, 0.25) is 0 Å². The Balaban J connectivity index is 2.00. The van der Waals surface area contributed by atoms with Gasteiger partial charge in [-0.05, 0) is 42.9 Å². The van der Waals surface area contributed by atoms with Crippen LogP contribution in [0.5, 0.6) is 0 Å². The largest absolute Gasteiger partial charge is 0.0808 e. The van der Waals surface area contributed by atoms with Crippen molar-refractivity contribution in [2.45, 2.75) is 33.1 Å². The molecule has 0 aliphatic heterocycles. The summed E-state index contributed by atoms with van der Waals surface area (Å²) in [5.74, 6) is 3.56. The second-order valence-electron chi connectivity index (χ2n) is 4.91. The van der Waals surface area contributed by atoms with Crippen LogP contribution < -0.4 is 0 Å². The summed E-state index contributed by atoms with van der Waals surface area (Å²) < 4.78 is 0. The molecule has 0 N–H and O–H groups in total. The Morgan fingerprint density at radius 1 is 1.00 bits per heavy atom. The maximum atomic E-state index is 2.42. The Kier molecular flexibility index (Phi) is 2.57. The zero-order valence-corrected chi connectivity index (χ0v) is 8.74. The summed E-state index contributed by atoms with van der Waals surface area (Å²) in [6.45, 7) is 4.74. The summed E-state index contributed by atoms with van der Waals surface area (Å²) in [7, 11) is 0. The first-order valence-electron chi connectivity index (χ1n) is 5.62. The van der Waals surface area contributed by atoms with Crippen LogP contribution in [-0.4, -0.2) is 0 Å². The fourth-order valence-corrected chi connectivity index (χ4v) is 2.74. The van der Waals surface area contributed by atoms with Gasteiger partial charge < -0.3 is 0 Å². The molecule has 0 aromatic heterocycles. The standard InChI is InChI=1S/C13H20/c1-10(2)12-8-7-11-5-3-4-6-13(11)9-12/h3-6,10-13H,7-9H2,1-2H3. The minimum atomic E-state index is 0.853. The average molecular weight is 176 g/mol. The van der Waals surface area contributed by atoms with Gasteiger partial charge in [0.05, 0.1) is 0 Å². The van der Waals surface area contributed by atoms with Crippen molar-refractivity contribution in [3.8, 4) is 0 Å². The molecule has 0 amide bonds. The van der Waals surface area contributed by atoms with Crippen molar-refractivity contribution in [1.29, 1.82) is 0 Å². The van der Waals surface area contributed by atoms with Crippen LogP contribution in [-0.2, 0) is 0 Å². The lowest BCUT2D eigenvalue weighted by atomic mass is 9.69. The van der Waals surface area contributed by atoms with Crippen LogP contribution >= 0.6 is 0 Å². The smallest absolute Gasteiger partial charge is 0.0165 e. The van der Waals surface area contributed by atoms with Crippen molar-refractivity contribution in [3.05, 3.63) is 24.3 Å². The van der Waals surface area contributed by atoms with Crippen molar-refractivity contribution >= 4 is 0 Å². The lowest BCUT2D eigenvalue weighted by Gasteiger charge is -2.36. The van der Waals surface area contributed by atoms with Gasteiger partial charge in [0.2, 0.25) is 0 Å². The molecule has 0 saturated heterocycles. The summed E-state index contributed by atoms with van der Waals surface area (Å²) in [5.41, 5.74) is 0. The van der Waals surface area contributed by atoms with E-state index in [1.165, 1.54) is 19.3 Å². The SMILES string of the molecule is CC(C)C1CCC2C=CC=CC2C1. The maximum Gasteiger partial charge on any atom is -0.0165 e. The highest BCUT2D eigenvalue weighted by molar-refractivity contribution is 5.15. The molecule has 13 heavy (non-hydrogen) atoms. The molecule has 2 aliphatic rings. The fourth-order valence-electron chi connectivity index (χ4n) is 2.74. The second-order valence-corrected chi connectivity index (χ2v) is 4.91. The van der Waals surface area contributed by atoms with Gasteiger partial charge in [0.25, 0.3) is 0 Å². The van der Waals surface area contributed by atoms with Gasteiger partial charge in [0.1, 0.15) is 0 Å². The van der Waals surface area contributed by atoms with E-state index in [9.17, 15) is 0 Å². The first-order chi connectivity index (χ1) is 6.27. The number of hydrogen-bond acceptors (Lipinski definition) is 0. The molecule has 0 spiro atoms. The van der Waals surface area contributed by atoms with Crippen molar-refractivity contribution in [1.82, 2.24) is 0 Å². The molecule has 1 saturated carbocycles. The topological polar surface area (TPSA) is 0 Å². The van der Waals surface area contributed by atoms with Crippen LogP contribution in [0, 0.1) is 23.7 Å². The van der Waals surface area contributed by atoms with Gasteiger partial charge in [-0.25, -0.2) is 0 Å². The van der Waals surface area contributed by atoms with E-state index in [-0.39, 0.29) is 0 Å². The highest BCUT2D eigenvalue weighted by Gasteiger charge is 2.29. The number of fused-ring (bicyclic) bond motifs is 1. The summed E-state index contributed by atoms with van der Waals surface area (Å²) in [6, 6.07) is 0. The van der Waals surface area contributed by atoms with Gasteiger partial charge in [0.15, 0.2) is 0 Å². The monoisotopic (exact) mass is 176 g/mol. The van der Waals surface area contributed by atoms with E-state index in [2.05, 4.69) is 38.2 Å².